The lowest BCUT2D eigenvalue weighted by molar-refractivity contribution is 0.0953. The van der Waals surface area contributed by atoms with Crippen molar-refractivity contribution in [3.8, 4) is 22.9 Å². The molecule has 4 rings (SSSR count). The second-order valence-corrected chi connectivity index (χ2v) is 6.99. The molecule has 0 aliphatic carbocycles. The average Bonchev–Trinajstić information content (AvgIpc) is 3.31. The fraction of sp³-hybridized carbons (Fsp3) is 0.227. The maximum absolute atomic E-state index is 13.7. The van der Waals surface area contributed by atoms with Crippen molar-refractivity contribution in [3.63, 3.8) is 0 Å². The predicted octanol–water partition coefficient (Wildman–Crippen LogP) is 3.02. The summed E-state index contributed by atoms with van der Waals surface area (Å²) in [5, 5.41) is 21.3. The van der Waals surface area contributed by atoms with Gasteiger partial charge in [0.2, 0.25) is 5.88 Å². The van der Waals surface area contributed by atoms with Crippen molar-refractivity contribution >= 4 is 16.8 Å². The summed E-state index contributed by atoms with van der Waals surface area (Å²) >= 11 is 0. The van der Waals surface area contributed by atoms with Gasteiger partial charge in [-0.05, 0) is 37.6 Å². The van der Waals surface area contributed by atoms with Crippen molar-refractivity contribution < 1.29 is 19.0 Å². The van der Waals surface area contributed by atoms with E-state index in [2.05, 4.69) is 30.5 Å². The number of carbonyl (C=O) groups is 1. The Hall–Kier alpha value is -4.08. The van der Waals surface area contributed by atoms with E-state index in [1.807, 2.05) is 6.92 Å². The molecule has 1 amide bonds. The van der Waals surface area contributed by atoms with Gasteiger partial charge in [0.25, 0.3) is 5.91 Å². The number of halogens is 1. The molecule has 0 unspecified atom stereocenters. The lowest BCUT2D eigenvalue weighted by atomic mass is 10.1. The molecular formula is C22H21FN6O3. The van der Waals surface area contributed by atoms with Crippen LogP contribution in [-0.2, 0) is 6.42 Å². The van der Waals surface area contributed by atoms with Gasteiger partial charge in [-0.2, -0.15) is 0 Å². The summed E-state index contributed by atoms with van der Waals surface area (Å²) in [6, 6.07) is 7.85. The second kappa shape index (κ2) is 9.38. The number of hydrogen-bond acceptors (Lipinski definition) is 7. The molecule has 164 valence electrons. The third-order valence-corrected chi connectivity index (χ3v) is 4.79. The molecule has 0 atom stereocenters. The van der Waals surface area contributed by atoms with E-state index in [0.29, 0.717) is 48.2 Å². The minimum absolute atomic E-state index is 0.134. The van der Waals surface area contributed by atoms with Crippen LogP contribution in [0.3, 0.4) is 0 Å². The SMILES string of the molecule is CCOc1cc(-c2cc(F)cnc2O)nc2cc(C(=O)NCCCc3nnc[nH]3)ccc12. The number of rotatable bonds is 8. The molecule has 3 N–H and O–H groups in total. The molecule has 1 aromatic carbocycles. The monoisotopic (exact) mass is 436 g/mol. The molecule has 32 heavy (non-hydrogen) atoms. The quantitative estimate of drug-likeness (QED) is 0.363. The molecule has 3 aromatic heterocycles. The van der Waals surface area contributed by atoms with Crippen LogP contribution in [-0.4, -0.2) is 49.3 Å². The molecule has 0 aliphatic rings. The van der Waals surface area contributed by atoms with Gasteiger partial charge in [-0.15, -0.1) is 10.2 Å². The van der Waals surface area contributed by atoms with E-state index in [4.69, 9.17) is 4.74 Å². The van der Waals surface area contributed by atoms with E-state index in [9.17, 15) is 14.3 Å². The number of hydrogen-bond donors (Lipinski definition) is 3. The molecule has 0 saturated heterocycles. The number of amides is 1. The minimum atomic E-state index is -0.601. The largest absolute Gasteiger partial charge is 0.493 e. The molecule has 0 fully saturated rings. The Morgan fingerprint density at radius 3 is 2.94 bits per heavy atom. The van der Waals surface area contributed by atoms with Crippen LogP contribution in [0.15, 0.2) is 42.9 Å². The van der Waals surface area contributed by atoms with Crippen LogP contribution in [0.25, 0.3) is 22.2 Å². The Balaban J connectivity index is 1.60. The van der Waals surface area contributed by atoms with Gasteiger partial charge in [0.15, 0.2) is 0 Å². The highest BCUT2D eigenvalue weighted by Gasteiger charge is 2.15. The van der Waals surface area contributed by atoms with Gasteiger partial charge in [0.1, 0.15) is 23.7 Å². The van der Waals surface area contributed by atoms with Crippen LogP contribution in [0.2, 0.25) is 0 Å². The van der Waals surface area contributed by atoms with Crippen molar-refractivity contribution in [2.45, 2.75) is 19.8 Å². The Morgan fingerprint density at radius 1 is 1.28 bits per heavy atom. The summed E-state index contributed by atoms with van der Waals surface area (Å²) in [7, 11) is 0. The Kier molecular flexibility index (Phi) is 6.20. The number of H-pyrrole nitrogens is 1. The van der Waals surface area contributed by atoms with Crippen LogP contribution in [0.5, 0.6) is 11.6 Å². The smallest absolute Gasteiger partial charge is 0.251 e. The highest BCUT2D eigenvalue weighted by atomic mass is 19.1. The number of fused-ring (bicyclic) bond motifs is 1. The third-order valence-electron chi connectivity index (χ3n) is 4.79. The number of aromatic amines is 1. The molecule has 4 aromatic rings. The van der Waals surface area contributed by atoms with Crippen molar-refractivity contribution in [3.05, 3.63) is 60.1 Å². The van der Waals surface area contributed by atoms with Gasteiger partial charge < -0.3 is 20.1 Å². The lowest BCUT2D eigenvalue weighted by Gasteiger charge is -2.12. The lowest BCUT2D eigenvalue weighted by Crippen LogP contribution is -2.24. The normalized spacial score (nSPS) is 10.9. The van der Waals surface area contributed by atoms with Crippen LogP contribution in [0.1, 0.15) is 29.5 Å². The van der Waals surface area contributed by atoms with Gasteiger partial charge in [-0.1, -0.05) is 0 Å². The molecule has 0 bridgehead atoms. The number of pyridine rings is 2. The summed E-state index contributed by atoms with van der Waals surface area (Å²) in [6.45, 7) is 2.71. The van der Waals surface area contributed by atoms with Gasteiger partial charge in [0, 0.05) is 30.0 Å². The maximum atomic E-state index is 13.7. The van der Waals surface area contributed by atoms with Crippen molar-refractivity contribution in [1.82, 2.24) is 30.5 Å². The number of ether oxygens (including phenoxy) is 1. The number of aromatic hydroxyl groups is 1. The minimum Gasteiger partial charge on any atom is -0.493 e. The molecule has 0 saturated carbocycles. The summed E-state index contributed by atoms with van der Waals surface area (Å²) in [5.74, 6) is 0.0813. The first-order valence-electron chi connectivity index (χ1n) is 10.1. The summed E-state index contributed by atoms with van der Waals surface area (Å²) in [4.78, 5) is 23.7. The van der Waals surface area contributed by atoms with E-state index < -0.39 is 5.82 Å². The topological polar surface area (TPSA) is 126 Å². The fourth-order valence-electron chi connectivity index (χ4n) is 3.28. The summed E-state index contributed by atoms with van der Waals surface area (Å²) in [6.07, 6.45) is 3.82. The number of benzene rings is 1. The zero-order valence-electron chi connectivity index (χ0n) is 17.3. The van der Waals surface area contributed by atoms with Crippen LogP contribution >= 0.6 is 0 Å². The first kappa shape index (κ1) is 21.2. The standard InChI is InChI=1S/C22H21FN6O3/c1-2-32-19-10-18(16-9-14(23)11-25-22(16)31)28-17-8-13(5-6-15(17)19)21(30)24-7-3-4-20-26-12-27-29-20/h5-6,8-12H,2-4,7H2,1H3,(H,24,30)(H,25,31)(H,26,27,29). The number of nitrogens with zero attached hydrogens (tertiary/aromatic N) is 4. The first-order valence-corrected chi connectivity index (χ1v) is 10.1. The van der Waals surface area contributed by atoms with E-state index >= 15 is 0 Å². The zero-order chi connectivity index (χ0) is 22.5. The molecular weight excluding hydrogens is 415 g/mol. The van der Waals surface area contributed by atoms with E-state index in [0.717, 1.165) is 18.1 Å². The van der Waals surface area contributed by atoms with Gasteiger partial charge in [0.05, 0.1) is 29.6 Å². The molecule has 0 spiro atoms. The fourth-order valence-corrected chi connectivity index (χ4v) is 3.28. The van der Waals surface area contributed by atoms with Gasteiger partial charge >= 0.3 is 0 Å². The van der Waals surface area contributed by atoms with E-state index in [-0.39, 0.29) is 23.0 Å². The van der Waals surface area contributed by atoms with E-state index in [1.165, 1.54) is 6.33 Å². The number of carbonyl (C=O) groups excluding carboxylic acids is 1. The number of aromatic nitrogens is 5. The average molecular weight is 436 g/mol. The van der Waals surface area contributed by atoms with E-state index in [1.54, 1.807) is 24.3 Å². The van der Waals surface area contributed by atoms with Crippen LogP contribution in [0, 0.1) is 5.82 Å². The second-order valence-electron chi connectivity index (χ2n) is 6.99. The highest BCUT2D eigenvalue weighted by molar-refractivity contribution is 5.99. The third kappa shape index (κ3) is 4.64. The Morgan fingerprint density at radius 2 is 2.16 bits per heavy atom. The highest BCUT2D eigenvalue weighted by Crippen LogP contribution is 2.33. The Bertz CT molecular complexity index is 1250. The van der Waals surface area contributed by atoms with Crippen molar-refractivity contribution in [2.24, 2.45) is 0 Å². The predicted molar refractivity (Wildman–Crippen MR) is 115 cm³/mol. The molecule has 3 heterocycles. The summed E-state index contributed by atoms with van der Waals surface area (Å²) in [5.41, 5.74) is 1.32. The van der Waals surface area contributed by atoms with Crippen molar-refractivity contribution in [2.75, 3.05) is 13.2 Å². The van der Waals surface area contributed by atoms with Gasteiger partial charge in [-0.3, -0.25) is 4.79 Å². The number of nitrogens with one attached hydrogen (secondary N) is 2. The first-order chi connectivity index (χ1) is 15.5. The zero-order valence-corrected chi connectivity index (χ0v) is 17.3. The molecule has 0 aliphatic heterocycles. The number of aryl methyl sites for hydroxylation is 1. The molecule has 10 heteroatoms. The van der Waals surface area contributed by atoms with Gasteiger partial charge in [-0.25, -0.2) is 14.4 Å². The van der Waals surface area contributed by atoms with Crippen LogP contribution in [0.4, 0.5) is 4.39 Å². The molecule has 9 nitrogen and oxygen atoms in total. The maximum Gasteiger partial charge on any atom is 0.251 e. The van der Waals surface area contributed by atoms with Crippen molar-refractivity contribution in [1.29, 1.82) is 0 Å². The summed E-state index contributed by atoms with van der Waals surface area (Å²) < 4.78 is 19.4. The van der Waals surface area contributed by atoms with Crippen LogP contribution < -0.4 is 10.1 Å². The molecule has 0 radical (unpaired) electrons. The Labute approximate surface area is 182 Å².